The topological polar surface area (TPSA) is 97.8 Å². The van der Waals surface area contributed by atoms with Crippen LogP contribution in [0, 0.1) is 11.8 Å². The van der Waals surface area contributed by atoms with Crippen molar-refractivity contribution in [2.45, 2.75) is 95.9 Å². The number of carbonyl (C=O) groups excluding carboxylic acids is 5. The van der Waals surface area contributed by atoms with E-state index in [1.165, 1.54) is 0 Å². The van der Waals surface area contributed by atoms with Crippen molar-refractivity contribution in [3.63, 3.8) is 0 Å². The number of nitrogens with zero attached hydrogens (tertiary/aromatic N) is 1. The fourth-order valence-corrected chi connectivity index (χ4v) is 5.47. The Morgan fingerprint density at radius 3 is 1.87 bits per heavy atom. The van der Waals surface area contributed by atoms with Crippen molar-refractivity contribution in [2.24, 2.45) is 11.8 Å². The van der Waals surface area contributed by atoms with E-state index in [0.717, 1.165) is 43.4 Å². The summed E-state index contributed by atoms with van der Waals surface area (Å²) in [5.74, 6) is -4.43. The molecule has 3 aliphatic rings. The summed E-state index contributed by atoms with van der Waals surface area (Å²) < 4.78 is 5.23. The monoisotopic (exact) mass is 433 g/mol. The molecule has 0 radical (unpaired) electrons. The molecule has 0 aromatic heterocycles. The van der Waals surface area contributed by atoms with E-state index < -0.39 is 40.7 Å². The molecule has 1 heterocycles. The fraction of sp³-hybridized carbons (Fsp3) is 0.792. The smallest absolute Gasteiger partial charge is 0.340 e. The van der Waals surface area contributed by atoms with Gasteiger partial charge < -0.3 is 9.64 Å². The van der Waals surface area contributed by atoms with Crippen molar-refractivity contribution >= 4 is 29.2 Å². The maximum Gasteiger partial charge on any atom is 0.340 e. The van der Waals surface area contributed by atoms with Crippen LogP contribution in [0.3, 0.4) is 0 Å². The number of esters is 1. The molecule has 0 bridgehead atoms. The van der Waals surface area contributed by atoms with Crippen LogP contribution in [0.25, 0.3) is 0 Å². The predicted octanol–water partition coefficient (Wildman–Crippen LogP) is 3.17. The van der Waals surface area contributed by atoms with Crippen molar-refractivity contribution in [3.8, 4) is 0 Å². The quantitative estimate of drug-likeness (QED) is 0.347. The van der Waals surface area contributed by atoms with E-state index in [2.05, 4.69) is 0 Å². The van der Waals surface area contributed by atoms with E-state index in [0.29, 0.717) is 38.5 Å². The maximum absolute atomic E-state index is 13.6. The lowest BCUT2D eigenvalue weighted by molar-refractivity contribution is -0.174. The highest BCUT2D eigenvalue weighted by atomic mass is 16.5. The Kier molecular flexibility index (Phi) is 8.00. The number of piperidine rings is 1. The second-order valence-electron chi connectivity index (χ2n) is 9.22. The summed E-state index contributed by atoms with van der Waals surface area (Å²) in [6.45, 7) is 1.77. The summed E-state index contributed by atoms with van der Waals surface area (Å²) in [4.78, 5) is 67.4. The SMILES string of the molecule is CCOC(=O)C1(C(=O)C(=O)C2CCCCC2)CCCCN1C(=O)C(=O)C1CCCCC1. The summed E-state index contributed by atoms with van der Waals surface area (Å²) in [6, 6.07) is 0. The zero-order valence-corrected chi connectivity index (χ0v) is 18.7. The van der Waals surface area contributed by atoms with Gasteiger partial charge in [0.25, 0.3) is 5.91 Å². The van der Waals surface area contributed by atoms with E-state index in [1.807, 2.05) is 0 Å². The van der Waals surface area contributed by atoms with Crippen LogP contribution < -0.4 is 0 Å². The average molecular weight is 434 g/mol. The molecule has 1 unspecified atom stereocenters. The Labute approximate surface area is 184 Å². The van der Waals surface area contributed by atoms with Gasteiger partial charge in [-0.3, -0.25) is 19.2 Å². The molecule has 1 saturated heterocycles. The molecular weight excluding hydrogens is 398 g/mol. The van der Waals surface area contributed by atoms with Crippen LogP contribution in [-0.2, 0) is 28.7 Å². The highest BCUT2D eigenvalue weighted by molar-refractivity contribution is 6.47. The van der Waals surface area contributed by atoms with Gasteiger partial charge in [-0.2, -0.15) is 0 Å². The van der Waals surface area contributed by atoms with Gasteiger partial charge in [-0.1, -0.05) is 38.5 Å². The molecule has 3 rings (SSSR count). The zero-order chi connectivity index (χ0) is 22.4. The van der Waals surface area contributed by atoms with Crippen LogP contribution in [-0.4, -0.2) is 52.8 Å². The summed E-state index contributed by atoms with van der Waals surface area (Å²) in [7, 11) is 0. The lowest BCUT2D eigenvalue weighted by atomic mass is 9.75. The first kappa shape index (κ1) is 23.6. The number of hydrogen-bond donors (Lipinski definition) is 0. The second kappa shape index (κ2) is 10.5. The number of rotatable bonds is 7. The third-order valence-corrected chi connectivity index (χ3v) is 7.25. The largest absolute Gasteiger partial charge is 0.464 e. The average Bonchev–Trinajstić information content (AvgIpc) is 2.83. The highest BCUT2D eigenvalue weighted by Crippen LogP contribution is 2.35. The first-order chi connectivity index (χ1) is 14.9. The van der Waals surface area contributed by atoms with Gasteiger partial charge in [-0.25, -0.2) is 4.79 Å². The number of amides is 1. The molecule has 7 nitrogen and oxygen atoms in total. The first-order valence-corrected chi connectivity index (χ1v) is 12.0. The van der Waals surface area contributed by atoms with E-state index in [1.54, 1.807) is 6.92 Å². The molecule has 0 aromatic carbocycles. The van der Waals surface area contributed by atoms with Crippen LogP contribution in [0.2, 0.25) is 0 Å². The van der Waals surface area contributed by atoms with Gasteiger partial charge in [0.05, 0.1) is 6.61 Å². The van der Waals surface area contributed by atoms with E-state index in [9.17, 15) is 24.0 Å². The maximum atomic E-state index is 13.6. The van der Waals surface area contributed by atoms with Crippen LogP contribution in [0.4, 0.5) is 0 Å². The standard InChI is InChI=1S/C24H35NO6/c1-2-31-23(30)24(21(28)19(26)17-11-5-3-6-12-17)15-9-10-16-25(24)22(29)20(27)18-13-7-4-8-14-18/h17-18H,2-16H2,1H3. The van der Waals surface area contributed by atoms with Crippen LogP contribution in [0.1, 0.15) is 90.4 Å². The van der Waals surface area contributed by atoms with Gasteiger partial charge in [0.15, 0.2) is 0 Å². The molecule has 3 fully saturated rings. The van der Waals surface area contributed by atoms with E-state index in [-0.39, 0.29) is 25.5 Å². The van der Waals surface area contributed by atoms with Gasteiger partial charge in [0, 0.05) is 18.4 Å². The number of hydrogen-bond acceptors (Lipinski definition) is 6. The molecule has 0 N–H and O–H groups in total. The fourth-order valence-electron chi connectivity index (χ4n) is 5.47. The molecule has 2 aliphatic carbocycles. The molecule has 1 atom stereocenters. The normalized spacial score (nSPS) is 25.6. The number of carbonyl (C=O) groups is 5. The third kappa shape index (κ3) is 4.75. The molecule has 0 spiro atoms. The summed E-state index contributed by atoms with van der Waals surface area (Å²) in [6.07, 6.45) is 9.29. The Morgan fingerprint density at radius 1 is 0.774 bits per heavy atom. The molecule has 1 amide bonds. The number of Topliss-reactive ketones (excluding diaryl/α,β-unsaturated/α-hetero) is 3. The molecule has 1 aliphatic heterocycles. The Hall–Kier alpha value is -2.05. The van der Waals surface area contributed by atoms with Gasteiger partial charge in [-0.15, -0.1) is 0 Å². The van der Waals surface area contributed by atoms with Gasteiger partial charge in [0.2, 0.25) is 22.9 Å². The van der Waals surface area contributed by atoms with Crippen LogP contribution in [0.5, 0.6) is 0 Å². The number of likely N-dealkylation sites (tertiary alicyclic amines) is 1. The first-order valence-electron chi connectivity index (χ1n) is 12.0. The highest BCUT2D eigenvalue weighted by Gasteiger charge is 2.58. The van der Waals surface area contributed by atoms with E-state index >= 15 is 0 Å². The number of ether oxygens (including phenoxy) is 1. The molecule has 31 heavy (non-hydrogen) atoms. The number of ketones is 3. The van der Waals surface area contributed by atoms with Crippen molar-refractivity contribution in [2.75, 3.05) is 13.2 Å². The summed E-state index contributed by atoms with van der Waals surface area (Å²) in [5, 5.41) is 0. The second-order valence-corrected chi connectivity index (χ2v) is 9.22. The minimum absolute atomic E-state index is 0.0318. The minimum atomic E-state index is -2.00. The van der Waals surface area contributed by atoms with Gasteiger partial charge in [-0.05, 0) is 51.9 Å². The minimum Gasteiger partial charge on any atom is -0.464 e. The zero-order valence-electron chi connectivity index (χ0n) is 18.7. The van der Waals surface area contributed by atoms with Crippen LogP contribution in [0.15, 0.2) is 0 Å². The molecule has 172 valence electrons. The Balaban J connectivity index is 1.93. The predicted molar refractivity (Wildman–Crippen MR) is 113 cm³/mol. The molecule has 2 saturated carbocycles. The summed E-state index contributed by atoms with van der Waals surface area (Å²) >= 11 is 0. The van der Waals surface area contributed by atoms with Gasteiger partial charge in [0.1, 0.15) is 0 Å². The molecule has 7 heteroatoms. The van der Waals surface area contributed by atoms with Crippen molar-refractivity contribution in [1.29, 1.82) is 0 Å². The van der Waals surface area contributed by atoms with Crippen molar-refractivity contribution < 1.29 is 28.7 Å². The summed E-state index contributed by atoms with van der Waals surface area (Å²) in [5.41, 5.74) is -2.00. The Bertz CT molecular complexity index is 720. The molecular formula is C24H35NO6. The van der Waals surface area contributed by atoms with Crippen molar-refractivity contribution in [1.82, 2.24) is 4.90 Å². The van der Waals surface area contributed by atoms with Gasteiger partial charge >= 0.3 is 5.97 Å². The van der Waals surface area contributed by atoms with E-state index in [4.69, 9.17) is 4.74 Å². The van der Waals surface area contributed by atoms with Crippen LogP contribution >= 0.6 is 0 Å². The lowest BCUT2D eigenvalue weighted by Crippen LogP contribution is -2.67. The van der Waals surface area contributed by atoms with Crippen molar-refractivity contribution in [3.05, 3.63) is 0 Å². The Morgan fingerprint density at radius 2 is 1.32 bits per heavy atom. The lowest BCUT2D eigenvalue weighted by Gasteiger charge is -2.43. The molecule has 0 aromatic rings. The third-order valence-electron chi connectivity index (χ3n) is 7.25.